The molecule has 2 aromatic carbocycles. The maximum absolute atomic E-state index is 11.4. The van der Waals surface area contributed by atoms with Gasteiger partial charge in [0.2, 0.25) is 0 Å². The molecule has 2 saturated carbocycles. The molecule has 0 unspecified atom stereocenters. The van der Waals surface area contributed by atoms with Crippen molar-refractivity contribution in [2.75, 3.05) is 6.61 Å². The molecule has 0 spiro atoms. The van der Waals surface area contributed by atoms with Crippen LogP contribution >= 0.6 is 0 Å². The SMILES string of the molecule is C=CCOOc1ccc(C2CCC(C3CCC(c4ccc(OC(=O)C=C)cc4)CC3)CC2)cc1. The molecule has 2 aliphatic carbocycles. The molecular formula is C30H36O4. The van der Waals surface area contributed by atoms with Crippen molar-refractivity contribution in [2.45, 2.75) is 63.2 Å². The second-order valence-electron chi connectivity index (χ2n) is 9.64. The maximum Gasteiger partial charge on any atom is 0.335 e. The first-order chi connectivity index (χ1) is 16.7. The molecule has 0 aliphatic heterocycles. The van der Waals surface area contributed by atoms with E-state index in [-0.39, 0.29) is 0 Å². The molecule has 0 heterocycles. The summed E-state index contributed by atoms with van der Waals surface area (Å²) < 4.78 is 5.20. The highest BCUT2D eigenvalue weighted by molar-refractivity contribution is 5.83. The van der Waals surface area contributed by atoms with Gasteiger partial charge >= 0.3 is 5.97 Å². The number of carbonyl (C=O) groups is 1. The average Bonchev–Trinajstić information content (AvgIpc) is 2.90. The van der Waals surface area contributed by atoms with E-state index in [1.807, 2.05) is 24.3 Å². The lowest BCUT2D eigenvalue weighted by molar-refractivity contribution is -0.195. The van der Waals surface area contributed by atoms with E-state index >= 15 is 0 Å². The third-order valence-corrected chi connectivity index (χ3v) is 7.64. The predicted molar refractivity (Wildman–Crippen MR) is 135 cm³/mol. The largest absolute Gasteiger partial charge is 0.423 e. The van der Waals surface area contributed by atoms with Gasteiger partial charge in [-0.05, 0) is 110 Å². The second kappa shape index (κ2) is 12.0. The molecule has 0 radical (unpaired) electrons. The Bertz CT molecular complexity index is 931. The highest BCUT2D eigenvalue weighted by Crippen LogP contribution is 2.45. The zero-order valence-electron chi connectivity index (χ0n) is 20.0. The summed E-state index contributed by atoms with van der Waals surface area (Å²) in [5.41, 5.74) is 2.78. The minimum Gasteiger partial charge on any atom is -0.423 e. The first-order valence-corrected chi connectivity index (χ1v) is 12.6. The Morgan fingerprint density at radius 1 is 0.735 bits per heavy atom. The molecule has 4 nitrogen and oxygen atoms in total. The maximum atomic E-state index is 11.4. The lowest BCUT2D eigenvalue weighted by Crippen LogP contribution is -2.25. The number of ether oxygens (including phenoxy) is 1. The van der Waals surface area contributed by atoms with E-state index in [4.69, 9.17) is 14.5 Å². The summed E-state index contributed by atoms with van der Waals surface area (Å²) in [4.78, 5) is 21.7. The molecule has 0 saturated heterocycles. The molecular weight excluding hydrogens is 424 g/mol. The van der Waals surface area contributed by atoms with Crippen molar-refractivity contribution < 1.29 is 19.3 Å². The first kappa shape index (κ1) is 24.3. The molecule has 0 amide bonds. The van der Waals surface area contributed by atoms with Gasteiger partial charge in [0.05, 0.1) is 0 Å². The minimum absolute atomic E-state index is 0.382. The number of hydrogen-bond acceptors (Lipinski definition) is 4. The van der Waals surface area contributed by atoms with Crippen LogP contribution < -0.4 is 9.62 Å². The average molecular weight is 461 g/mol. The van der Waals surface area contributed by atoms with Gasteiger partial charge in [0.15, 0.2) is 5.75 Å². The smallest absolute Gasteiger partial charge is 0.335 e. The van der Waals surface area contributed by atoms with Gasteiger partial charge in [-0.1, -0.05) is 36.9 Å². The number of benzene rings is 2. The van der Waals surface area contributed by atoms with Crippen LogP contribution in [0.4, 0.5) is 0 Å². The molecule has 2 aromatic rings. The third-order valence-electron chi connectivity index (χ3n) is 7.64. The van der Waals surface area contributed by atoms with Gasteiger partial charge in [-0.15, -0.1) is 6.58 Å². The van der Waals surface area contributed by atoms with Crippen LogP contribution in [-0.4, -0.2) is 12.6 Å². The molecule has 2 fully saturated rings. The minimum atomic E-state index is -0.414. The Morgan fingerprint density at radius 2 is 1.21 bits per heavy atom. The van der Waals surface area contributed by atoms with Gasteiger partial charge in [0.1, 0.15) is 12.4 Å². The molecule has 0 N–H and O–H groups in total. The monoisotopic (exact) mass is 460 g/mol. The summed E-state index contributed by atoms with van der Waals surface area (Å²) >= 11 is 0. The summed E-state index contributed by atoms with van der Waals surface area (Å²) in [6, 6.07) is 16.4. The number of esters is 1. The summed E-state index contributed by atoms with van der Waals surface area (Å²) in [6.45, 7) is 7.44. The normalized spacial score (nSPS) is 24.7. The fourth-order valence-corrected chi connectivity index (χ4v) is 5.76. The van der Waals surface area contributed by atoms with Crippen LogP contribution in [0.25, 0.3) is 0 Å². The van der Waals surface area contributed by atoms with E-state index in [0.29, 0.717) is 24.2 Å². The molecule has 4 heteroatoms. The third kappa shape index (κ3) is 6.38. The fraction of sp³-hybridized carbons (Fsp3) is 0.433. The summed E-state index contributed by atoms with van der Waals surface area (Å²) in [7, 11) is 0. The molecule has 180 valence electrons. The highest BCUT2D eigenvalue weighted by atomic mass is 17.2. The lowest BCUT2D eigenvalue weighted by Gasteiger charge is -2.38. The van der Waals surface area contributed by atoms with Crippen molar-refractivity contribution in [3.63, 3.8) is 0 Å². The van der Waals surface area contributed by atoms with Crippen LogP contribution in [0.1, 0.15) is 74.3 Å². The van der Waals surface area contributed by atoms with Gasteiger partial charge in [-0.3, -0.25) is 0 Å². The topological polar surface area (TPSA) is 44.8 Å². The quantitative estimate of drug-likeness (QED) is 0.0738. The van der Waals surface area contributed by atoms with E-state index in [1.165, 1.54) is 68.6 Å². The molecule has 0 bridgehead atoms. The lowest BCUT2D eigenvalue weighted by atomic mass is 9.67. The van der Waals surface area contributed by atoms with Crippen molar-refractivity contribution in [1.29, 1.82) is 0 Å². The van der Waals surface area contributed by atoms with Gasteiger partial charge in [-0.25, -0.2) is 4.79 Å². The molecule has 34 heavy (non-hydrogen) atoms. The Labute approximate surface area is 203 Å². The molecule has 2 aliphatic rings. The van der Waals surface area contributed by atoms with Crippen LogP contribution in [0.3, 0.4) is 0 Å². The standard InChI is InChI=1S/C30H36O4/c1-3-21-32-34-29-19-15-27(16-20-29)25-11-7-23(8-12-25)22-5-9-24(10-6-22)26-13-17-28(18-14-26)33-30(31)4-2/h3-4,13-20,22-25H,1-2,5-12,21H2. The summed E-state index contributed by atoms with van der Waals surface area (Å²) in [5.74, 6) is 3.92. The second-order valence-corrected chi connectivity index (χ2v) is 9.64. The zero-order chi connectivity index (χ0) is 23.8. The van der Waals surface area contributed by atoms with E-state index in [9.17, 15) is 4.79 Å². The highest BCUT2D eigenvalue weighted by Gasteiger charge is 2.31. The van der Waals surface area contributed by atoms with E-state index < -0.39 is 5.97 Å². The van der Waals surface area contributed by atoms with Gasteiger partial charge in [0, 0.05) is 6.08 Å². The number of hydrogen-bond donors (Lipinski definition) is 0. The Balaban J connectivity index is 1.21. The molecule has 4 rings (SSSR count). The van der Waals surface area contributed by atoms with Crippen LogP contribution in [0.15, 0.2) is 73.8 Å². The van der Waals surface area contributed by atoms with E-state index in [0.717, 1.165) is 17.6 Å². The van der Waals surface area contributed by atoms with Crippen molar-refractivity contribution >= 4 is 5.97 Å². The van der Waals surface area contributed by atoms with Crippen LogP contribution in [0.5, 0.6) is 11.5 Å². The van der Waals surface area contributed by atoms with Crippen molar-refractivity contribution in [2.24, 2.45) is 11.8 Å². The van der Waals surface area contributed by atoms with E-state index in [2.05, 4.69) is 37.4 Å². The zero-order valence-corrected chi connectivity index (χ0v) is 20.0. The van der Waals surface area contributed by atoms with Crippen LogP contribution in [-0.2, 0) is 9.68 Å². The van der Waals surface area contributed by atoms with Gasteiger partial charge < -0.3 is 9.62 Å². The Morgan fingerprint density at radius 3 is 1.65 bits per heavy atom. The summed E-state index contributed by atoms with van der Waals surface area (Å²) in [6.07, 6.45) is 13.3. The van der Waals surface area contributed by atoms with E-state index in [1.54, 1.807) is 6.08 Å². The molecule has 0 atom stereocenters. The Hall–Kier alpha value is -2.85. The summed E-state index contributed by atoms with van der Waals surface area (Å²) in [5, 5.41) is 0. The first-order valence-electron chi connectivity index (χ1n) is 12.6. The van der Waals surface area contributed by atoms with Crippen molar-refractivity contribution in [1.82, 2.24) is 0 Å². The van der Waals surface area contributed by atoms with Crippen molar-refractivity contribution in [3.05, 3.63) is 85.0 Å². The van der Waals surface area contributed by atoms with Gasteiger partial charge in [-0.2, -0.15) is 4.89 Å². The molecule has 0 aromatic heterocycles. The van der Waals surface area contributed by atoms with Crippen LogP contribution in [0, 0.1) is 11.8 Å². The number of carbonyl (C=O) groups excluding carboxylic acids is 1. The fourth-order valence-electron chi connectivity index (χ4n) is 5.76. The van der Waals surface area contributed by atoms with Crippen LogP contribution in [0.2, 0.25) is 0 Å². The van der Waals surface area contributed by atoms with Crippen molar-refractivity contribution in [3.8, 4) is 11.5 Å². The number of rotatable bonds is 9. The van der Waals surface area contributed by atoms with Gasteiger partial charge in [0.25, 0.3) is 0 Å². The predicted octanol–water partition coefficient (Wildman–Crippen LogP) is 7.52. The Kier molecular flexibility index (Phi) is 8.59.